The minimum atomic E-state index is -4.61. The van der Waals surface area contributed by atoms with Crippen molar-refractivity contribution in [3.8, 4) is 0 Å². The SMILES string of the molecule is O=C(C(=O)c1ccnc(NCc2ccccc2)n1)c1cccc(C(F)(F)F)c1. The van der Waals surface area contributed by atoms with Gasteiger partial charge in [0.1, 0.15) is 5.69 Å². The van der Waals surface area contributed by atoms with E-state index in [0.29, 0.717) is 12.6 Å². The Balaban J connectivity index is 1.76. The molecular formula is C20H14F3N3O2. The van der Waals surface area contributed by atoms with Gasteiger partial charge in [0.15, 0.2) is 0 Å². The molecule has 0 saturated heterocycles. The first kappa shape index (κ1) is 19.2. The van der Waals surface area contributed by atoms with Crippen LogP contribution in [-0.4, -0.2) is 21.5 Å². The third kappa shape index (κ3) is 4.59. The number of carbonyl (C=O) groups excluding carboxylic acids is 2. The van der Waals surface area contributed by atoms with Gasteiger partial charge in [0, 0.05) is 18.3 Å². The van der Waals surface area contributed by atoms with E-state index in [1.54, 1.807) is 0 Å². The first-order valence-corrected chi connectivity index (χ1v) is 8.22. The molecule has 142 valence electrons. The van der Waals surface area contributed by atoms with Crippen LogP contribution in [0.25, 0.3) is 0 Å². The highest BCUT2D eigenvalue weighted by Crippen LogP contribution is 2.29. The molecule has 2 aromatic carbocycles. The van der Waals surface area contributed by atoms with Gasteiger partial charge in [0.25, 0.3) is 5.78 Å². The van der Waals surface area contributed by atoms with Crippen LogP contribution in [0.4, 0.5) is 19.1 Å². The number of carbonyl (C=O) groups is 2. The molecule has 1 heterocycles. The van der Waals surface area contributed by atoms with Crippen molar-refractivity contribution in [2.75, 3.05) is 5.32 Å². The molecular weight excluding hydrogens is 371 g/mol. The fraction of sp³-hybridized carbons (Fsp3) is 0.100. The second-order valence-electron chi connectivity index (χ2n) is 5.84. The number of halogens is 3. The lowest BCUT2D eigenvalue weighted by molar-refractivity contribution is -0.137. The Bertz CT molecular complexity index is 1000. The second kappa shape index (κ2) is 7.99. The van der Waals surface area contributed by atoms with E-state index < -0.39 is 23.3 Å². The predicted octanol–water partition coefficient (Wildman–Crippen LogP) is 4.17. The van der Waals surface area contributed by atoms with E-state index >= 15 is 0 Å². The van der Waals surface area contributed by atoms with Gasteiger partial charge in [-0.1, -0.05) is 42.5 Å². The molecule has 8 heteroatoms. The lowest BCUT2D eigenvalue weighted by atomic mass is 10.0. The van der Waals surface area contributed by atoms with E-state index in [0.717, 1.165) is 23.8 Å². The van der Waals surface area contributed by atoms with E-state index in [1.165, 1.54) is 12.3 Å². The zero-order chi connectivity index (χ0) is 20.1. The highest BCUT2D eigenvalue weighted by atomic mass is 19.4. The molecule has 0 saturated carbocycles. The van der Waals surface area contributed by atoms with Gasteiger partial charge in [-0.25, -0.2) is 9.97 Å². The zero-order valence-electron chi connectivity index (χ0n) is 14.4. The van der Waals surface area contributed by atoms with Crippen LogP contribution in [0.3, 0.4) is 0 Å². The summed E-state index contributed by atoms with van der Waals surface area (Å²) in [5, 5.41) is 2.93. The Morgan fingerprint density at radius 2 is 1.68 bits per heavy atom. The summed E-state index contributed by atoms with van der Waals surface area (Å²) in [5.41, 5.74) is -0.591. The van der Waals surface area contributed by atoms with Gasteiger partial charge in [-0.3, -0.25) is 9.59 Å². The topological polar surface area (TPSA) is 72.0 Å². The van der Waals surface area contributed by atoms with Crippen LogP contribution in [0.2, 0.25) is 0 Å². The van der Waals surface area contributed by atoms with Gasteiger partial charge in [-0.2, -0.15) is 13.2 Å². The van der Waals surface area contributed by atoms with Gasteiger partial charge < -0.3 is 5.32 Å². The Hall–Kier alpha value is -3.55. The Morgan fingerprint density at radius 1 is 0.929 bits per heavy atom. The number of alkyl halides is 3. The van der Waals surface area contributed by atoms with Gasteiger partial charge in [-0.05, 0) is 23.8 Å². The monoisotopic (exact) mass is 385 g/mol. The average Bonchev–Trinajstić information content (AvgIpc) is 2.71. The predicted molar refractivity (Wildman–Crippen MR) is 95.9 cm³/mol. The number of benzene rings is 2. The molecule has 0 radical (unpaired) electrons. The largest absolute Gasteiger partial charge is 0.416 e. The molecule has 3 rings (SSSR count). The van der Waals surface area contributed by atoms with Crippen LogP contribution in [0.1, 0.15) is 32.0 Å². The third-order valence-corrected chi connectivity index (χ3v) is 3.84. The second-order valence-corrected chi connectivity index (χ2v) is 5.84. The first-order valence-electron chi connectivity index (χ1n) is 8.22. The van der Waals surface area contributed by atoms with Crippen molar-refractivity contribution in [3.05, 3.63) is 89.2 Å². The quantitative estimate of drug-likeness (QED) is 0.509. The van der Waals surface area contributed by atoms with Gasteiger partial charge in [0.2, 0.25) is 11.7 Å². The summed E-state index contributed by atoms with van der Waals surface area (Å²) < 4.78 is 38.4. The summed E-state index contributed by atoms with van der Waals surface area (Å²) in [6.45, 7) is 0.403. The van der Waals surface area contributed by atoms with Crippen molar-refractivity contribution in [2.45, 2.75) is 12.7 Å². The molecule has 0 spiro atoms. The number of anilines is 1. The van der Waals surface area contributed by atoms with Crippen LogP contribution >= 0.6 is 0 Å². The summed E-state index contributed by atoms with van der Waals surface area (Å²) >= 11 is 0. The highest BCUT2D eigenvalue weighted by molar-refractivity contribution is 6.48. The van der Waals surface area contributed by atoms with Gasteiger partial charge in [-0.15, -0.1) is 0 Å². The Labute approximate surface area is 158 Å². The summed E-state index contributed by atoms with van der Waals surface area (Å²) in [7, 11) is 0. The highest BCUT2D eigenvalue weighted by Gasteiger charge is 2.31. The minimum absolute atomic E-state index is 0.131. The molecule has 0 fully saturated rings. The Morgan fingerprint density at radius 3 is 2.39 bits per heavy atom. The Kier molecular flexibility index (Phi) is 5.49. The number of ketones is 2. The minimum Gasteiger partial charge on any atom is -0.350 e. The van der Waals surface area contributed by atoms with Crippen LogP contribution in [0.5, 0.6) is 0 Å². The molecule has 0 unspecified atom stereocenters. The molecule has 3 aromatic rings. The van der Waals surface area contributed by atoms with Crippen molar-refractivity contribution in [1.29, 1.82) is 0 Å². The molecule has 0 aliphatic rings. The number of hydrogen-bond acceptors (Lipinski definition) is 5. The van der Waals surface area contributed by atoms with E-state index in [2.05, 4.69) is 15.3 Å². The van der Waals surface area contributed by atoms with E-state index in [4.69, 9.17) is 0 Å². The van der Waals surface area contributed by atoms with Crippen LogP contribution in [0.15, 0.2) is 66.9 Å². The molecule has 1 aromatic heterocycles. The van der Waals surface area contributed by atoms with Crippen molar-refractivity contribution >= 4 is 17.5 Å². The average molecular weight is 385 g/mol. The maximum Gasteiger partial charge on any atom is 0.416 e. The van der Waals surface area contributed by atoms with Crippen LogP contribution in [-0.2, 0) is 12.7 Å². The van der Waals surface area contributed by atoms with E-state index in [-0.39, 0.29) is 17.2 Å². The summed E-state index contributed by atoms with van der Waals surface area (Å²) in [6.07, 6.45) is -3.31. The number of rotatable bonds is 6. The zero-order valence-corrected chi connectivity index (χ0v) is 14.4. The molecule has 0 amide bonds. The normalized spacial score (nSPS) is 11.1. The van der Waals surface area contributed by atoms with Crippen LogP contribution in [0, 0.1) is 0 Å². The molecule has 0 aliphatic heterocycles. The van der Waals surface area contributed by atoms with Crippen molar-refractivity contribution in [1.82, 2.24) is 9.97 Å². The van der Waals surface area contributed by atoms with Crippen molar-refractivity contribution < 1.29 is 22.8 Å². The number of Topliss-reactive ketones (excluding diaryl/α,β-unsaturated/α-hetero) is 2. The van der Waals surface area contributed by atoms with Gasteiger partial charge >= 0.3 is 6.18 Å². The lowest BCUT2D eigenvalue weighted by Crippen LogP contribution is -2.18. The third-order valence-electron chi connectivity index (χ3n) is 3.84. The summed E-state index contributed by atoms with van der Waals surface area (Å²) in [5.74, 6) is -1.95. The smallest absolute Gasteiger partial charge is 0.350 e. The van der Waals surface area contributed by atoms with Crippen molar-refractivity contribution in [2.24, 2.45) is 0 Å². The fourth-order valence-corrected chi connectivity index (χ4v) is 2.43. The fourth-order valence-electron chi connectivity index (χ4n) is 2.43. The standard InChI is InChI=1S/C20H14F3N3O2/c21-20(22,23)15-8-4-7-14(11-15)17(27)18(28)16-9-10-24-19(26-16)25-12-13-5-2-1-3-6-13/h1-11H,12H2,(H,24,25,26). The van der Waals surface area contributed by atoms with Gasteiger partial charge in [0.05, 0.1) is 5.56 Å². The lowest BCUT2D eigenvalue weighted by Gasteiger charge is -2.08. The number of nitrogens with zero attached hydrogens (tertiary/aromatic N) is 2. The first-order chi connectivity index (χ1) is 13.3. The number of nitrogens with one attached hydrogen (secondary N) is 1. The molecule has 0 bridgehead atoms. The number of hydrogen-bond donors (Lipinski definition) is 1. The van der Waals surface area contributed by atoms with E-state index in [9.17, 15) is 22.8 Å². The van der Waals surface area contributed by atoms with Crippen LogP contribution < -0.4 is 5.32 Å². The van der Waals surface area contributed by atoms with E-state index in [1.807, 2.05) is 30.3 Å². The maximum atomic E-state index is 12.8. The number of aromatic nitrogens is 2. The molecule has 0 atom stereocenters. The molecule has 5 nitrogen and oxygen atoms in total. The molecule has 1 N–H and O–H groups in total. The molecule has 0 aliphatic carbocycles. The summed E-state index contributed by atoms with van der Waals surface area (Å²) in [4.78, 5) is 32.7. The van der Waals surface area contributed by atoms with Crippen molar-refractivity contribution in [3.63, 3.8) is 0 Å². The summed E-state index contributed by atoms with van der Waals surface area (Å²) in [6, 6.07) is 14.3. The maximum absolute atomic E-state index is 12.8. The molecule has 28 heavy (non-hydrogen) atoms.